The van der Waals surface area contributed by atoms with Crippen molar-refractivity contribution in [3.8, 4) is 0 Å². The zero-order chi connectivity index (χ0) is 18.7. The number of nitrogens with one attached hydrogen (secondary N) is 1. The topological polar surface area (TPSA) is 89.3 Å². The van der Waals surface area contributed by atoms with Gasteiger partial charge in [0, 0.05) is 17.0 Å². The van der Waals surface area contributed by atoms with Crippen molar-refractivity contribution < 1.29 is 17.7 Å². The number of nitro groups is 1. The van der Waals surface area contributed by atoms with E-state index in [0.29, 0.717) is 5.56 Å². The highest BCUT2D eigenvalue weighted by Gasteiger charge is 2.24. The number of non-ortho nitro benzene ring substituents is 1. The summed E-state index contributed by atoms with van der Waals surface area (Å²) in [7, 11) is -3.95. The smallest absolute Gasteiger partial charge is 0.258 e. The van der Waals surface area contributed by atoms with Crippen molar-refractivity contribution in [1.29, 1.82) is 0 Å². The molecule has 1 atom stereocenters. The predicted molar refractivity (Wildman–Crippen MR) is 96.0 cm³/mol. The van der Waals surface area contributed by atoms with Gasteiger partial charge in [-0.25, -0.2) is 12.8 Å². The molecule has 3 rings (SSSR count). The van der Waals surface area contributed by atoms with Gasteiger partial charge >= 0.3 is 0 Å². The number of thiophene rings is 1. The molecule has 9 heteroatoms. The van der Waals surface area contributed by atoms with Gasteiger partial charge in [0.25, 0.3) is 5.69 Å². The van der Waals surface area contributed by atoms with Crippen LogP contribution in [0.1, 0.15) is 16.5 Å². The van der Waals surface area contributed by atoms with Gasteiger partial charge in [-0.05, 0) is 41.3 Å². The molecule has 0 aliphatic heterocycles. The van der Waals surface area contributed by atoms with Crippen LogP contribution in [0.3, 0.4) is 0 Å². The van der Waals surface area contributed by atoms with Crippen LogP contribution in [0.25, 0.3) is 0 Å². The SMILES string of the molecule is O=[N+]([O-])c1ccc(S(=O)(=O)NC(c2ccc(F)cc2)c2cccs2)cc1. The predicted octanol–water partition coefficient (Wildman–Crippen LogP) is 3.86. The monoisotopic (exact) mass is 392 g/mol. The molecule has 26 heavy (non-hydrogen) atoms. The molecule has 134 valence electrons. The number of halogens is 1. The Labute approximate surface area is 153 Å². The summed E-state index contributed by atoms with van der Waals surface area (Å²) >= 11 is 1.36. The van der Waals surface area contributed by atoms with Crippen LogP contribution in [-0.2, 0) is 10.0 Å². The molecule has 3 aromatic rings. The molecule has 0 amide bonds. The molecule has 1 unspecified atom stereocenters. The second kappa shape index (κ2) is 7.32. The van der Waals surface area contributed by atoms with Crippen molar-refractivity contribution in [1.82, 2.24) is 4.72 Å². The van der Waals surface area contributed by atoms with E-state index in [0.717, 1.165) is 17.0 Å². The van der Waals surface area contributed by atoms with Gasteiger partial charge in [0.2, 0.25) is 10.0 Å². The number of nitrogens with zero attached hydrogens (tertiary/aromatic N) is 1. The number of benzene rings is 2. The molecule has 0 spiro atoms. The summed E-state index contributed by atoms with van der Waals surface area (Å²) in [4.78, 5) is 10.8. The van der Waals surface area contributed by atoms with Gasteiger partial charge in [-0.1, -0.05) is 18.2 Å². The summed E-state index contributed by atoms with van der Waals surface area (Å²) in [6.45, 7) is 0. The molecule has 2 aromatic carbocycles. The molecule has 0 aliphatic carbocycles. The van der Waals surface area contributed by atoms with Gasteiger partial charge in [0.1, 0.15) is 5.82 Å². The van der Waals surface area contributed by atoms with E-state index >= 15 is 0 Å². The lowest BCUT2D eigenvalue weighted by atomic mass is 10.1. The third kappa shape index (κ3) is 3.96. The van der Waals surface area contributed by atoms with Crippen molar-refractivity contribution >= 4 is 27.0 Å². The maximum Gasteiger partial charge on any atom is 0.269 e. The lowest BCUT2D eigenvalue weighted by molar-refractivity contribution is -0.384. The van der Waals surface area contributed by atoms with Crippen LogP contribution in [0.4, 0.5) is 10.1 Å². The molecule has 1 heterocycles. The minimum atomic E-state index is -3.95. The first kappa shape index (κ1) is 18.2. The fourth-order valence-electron chi connectivity index (χ4n) is 2.37. The zero-order valence-corrected chi connectivity index (χ0v) is 14.8. The van der Waals surface area contributed by atoms with Crippen molar-refractivity contribution in [3.63, 3.8) is 0 Å². The van der Waals surface area contributed by atoms with Crippen molar-refractivity contribution in [2.45, 2.75) is 10.9 Å². The minimum absolute atomic E-state index is 0.0910. The molecule has 0 saturated heterocycles. The van der Waals surface area contributed by atoms with E-state index < -0.39 is 26.8 Å². The molecule has 1 N–H and O–H groups in total. The Morgan fingerprint density at radius 3 is 2.23 bits per heavy atom. The van der Waals surface area contributed by atoms with Crippen molar-refractivity contribution in [2.75, 3.05) is 0 Å². The Balaban J connectivity index is 1.95. The Hall–Kier alpha value is -2.62. The van der Waals surface area contributed by atoms with Crippen LogP contribution < -0.4 is 4.72 Å². The Morgan fingerprint density at radius 2 is 1.69 bits per heavy atom. The first-order valence-electron chi connectivity index (χ1n) is 7.42. The second-order valence-corrected chi connectivity index (χ2v) is 8.07. The van der Waals surface area contributed by atoms with E-state index in [2.05, 4.69) is 4.72 Å². The van der Waals surface area contributed by atoms with Gasteiger partial charge in [-0.3, -0.25) is 10.1 Å². The molecule has 0 saturated carbocycles. The molecular weight excluding hydrogens is 379 g/mol. The summed E-state index contributed by atoms with van der Waals surface area (Å²) in [6, 6.07) is 13.0. The number of hydrogen-bond donors (Lipinski definition) is 1. The molecule has 0 fully saturated rings. The Morgan fingerprint density at radius 1 is 1.04 bits per heavy atom. The Bertz CT molecular complexity index is 1000. The standard InChI is InChI=1S/C17H13FN2O4S2/c18-13-5-3-12(4-6-13)17(16-2-1-11-25-16)19-26(23,24)15-9-7-14(8-10-15)20(21)22/h1-11,17,19H. The quantitative estimate of drug-likeness (QED) is 0.509. The molecule has 0 bridgehead atoms. The van der Waals surface area contributed by atoms with Crippen molar-refractivity contribution in [3.05, 3.63) is 92.4 Å². The zero-order valence-electron chi connectivity index (χ0n) is 13.2. The number of nitro benzene ring substituents is 1. The summed E-state index contributed by atoms with van der Waals surface area (Å²) in [5.41, 5.74) is 0.386. The van der Waals surface area contributed by atoms with Crippen LogP contribution in [0.15, 0.2) is 70.9 Å². The number of rotatable bonds is 6. The lowest BCUT2D eigenvalue weighted by Gasteiger charge is -2.18. The van der Waals surface area contributed by atoms with Gasteiger partial charge in [0.05, 0.1) is 15.9 Å². The maximum absolute atomic E-state index is 13.2. The first-order chi connectivity index (χ1) is 12.4. The maximum atomic E-state index is 13.2. The number of sulfonamides is 1. The molecular formula is C17H13FN2O4S2. The summed E-state index contributed by atoms with van der Waals surface area (Å²) in [5.74, 6) is -0.420. The van der Waals surface area contributed by atoms with Crippen LogP contribution >= 0.6 is 11.3 Å². The summed E-state index contributed by atoms with van der Waals surface area (Å²) in [5, 5.41) is 12.5. The average molecular weight is 392 g/mol. The normalized spacial score (nSPS) is 12.7. The van der Waals surface area contributed by atoms with Crippen molar-refractivity contribution in [2.24, 2.45) is 0 Å². The van der Waals surface area contributed by atoms with E-state index in [9.17, 15) is 22.9 Å². The third-order valence-corrected chi connectivity index (χ3v) is 6.04. The molecule has 1 aromatic heterocycles. The second-order valence-electron chi connectivity index (χ2n) is 5.37. The van der Waals surface area contributed by atoms with Crippen LogP contribution in [0, 0.1) is 15.9 Å². The van der Waals surface area contributed by atoms with Crippen LogP contribution in [-0.4, -0.2) is 13.3 Å². The lowest BCUT2D eigenvalue weighted by Crippen LogP contribution is -2.29. The van der Waals surface area contributed by atoms with E-state index in [1.165, 1.54) is 47.7 Å². The van der Waals surface area contributed by atoms with Gasteiger partial charge < -0.3 is 0 Å². The van der Waals surface area contributed by atoms with Crippen LogP contribution in [0.2, 0.25) is 0 Å². The highest BCUT2D eigenvalue weighted by Crippen LogP contribution is 2.28. The van der Waals surface area contributed by atoms with E-state index in [1.54, 1.807) is 12.1 Å². The van der Waals surface area contributed by atoms with E-state index in [-0.39, 0.29) is 10.6 Å². The van der Waals surface area contributed by atoms with Crippen LogP contribution in [0.5, 0.6) is 0 Å². The van der Waals surface area contributed by atoms with E-state index in [4.69, 9.17) is 0 Å². The largest absolute Gasteiger partial charge is 0.269 e. The van der Waals surface area contributed by atoms with Gasteiger partial charge in [-0.15, -0.1) is 11.3 Å². The third-order valence-electron chi connectivity index (χ3n) is 3.66. The van der Waals surface area contributed by atoms with Gasteiger partial charge in [-0.2, -0.15) is 4.72 Å². The molecule has 0 aliphatic rings. The van der Waals surface area contributed by atoms with Gasteiger partial charge in [0.15, 0.2) is 0 Å². The molecule has 0 radical (unpaired) electrons. The Kier molecular flexibility index (Phi) is 5.12. The fourth-order valence-corrected chi connectivity index (χ4v) is 4.45. The summed E-state index contributed by atoms with van der Waals surface area (Å²) in [6.07, 6.45) is 0. The first-order valence-corrected chi connectivity index (χ1v) is 9.79. The average Bonchev–Trinajstić information content (AvgIpc) is 3.15. The summed E-state index contributed by atoms with van der Waals surface area (Å²) < 4.78 is 41.2. The highest BCUT2D eigenvalue weighted by atomic mass is 32.2. The van der Waals surface area contributed by atoms with E-state index in [1.807, 2.05) is 5.38 Å². The molecule has 6 nitrogen and oxygen atoms in total. The fraction of sp³-hybridized carbons (Fsp3) is 0.0588. The number of hydrogen-bond acceptors (Lipinski definition) is 5. The minimum Gasteiger partial charge on any atom is -0.258 e. The highest BCUT2D eigenvalue weighted by molar-refractivity contribution is 7.89.